The second kappa shape index (κ2) is 5.69. The third-order valence-electron chi connectivity index (χ3n) is 2.98. The smallest absolute Gasteiger partial charge is 0.131 e. The first-order valence-corrected chi connectivity index (χ1v) is 6.52. The largest absolute Gasteiger partial charge is 0.494 e. The summed E-state index contributed by atoms with van der Waals surface area (Å²) in [6.07, 6.45) is 0.772. The lowest BCUT2D eigenvalue weighted by Gasteiger charge is -2.10. The number of ether oxygens (including phenoxy) is 1. The third-order valence-corrected chi connectivity index (χ3v) is 2.98. The Morgan fingerprint density at radius 3 is 2.37 bits per heavy atom. The van der Waals surface area contributed by atoms with Crippen LogP contribution < -0.4 is 10.5 Å². The van der Waals surface area contributed by atoms with Crippen LogP contribution in [-0.2, 0) is 6.42 Å². The molecule has 4 heteroatoms. The molecule has 0 saturated carbocycles. The van der Waals surface area contributed by atoms with Crippen LogP contribution in [0.5, 0.6) is 5.75 Å². The Morgan fingerprint density at radius 2 is 1.79 bits per heavy atom. The molecule has 0 aliphatic carbocycles. The van der Waals surface area contributed by atoms with E-state index in [2.05, 4.69) is 9.97 Å². The van der Waals surface area contributed by atoms with E-state index in [1.54, 1.807) is 0 Å². The zero-order valence-electron chi connectivity index (χ0n) is 11.6. The van der Waals surface area contributed by atoms with Crippen molar-refractivity contribution in [2.45, 2.75) is 27.2 Å². The molecule has 0 aliphatic rings. The molecule has 1 aromatic carbocycles. The van der Waals surface area contributed by atoms with Gasteiger partial charge in [-0.25, -0.2) is 9.97 Å². The van der Waals surface area contributed by atoms with Gasteiger partial charge >= 0.3 is 0 Å². The van der Waals surface area contributed by atoms with Crippen LogP contribution in [0.1, 0.15) is 25.2 Å². The maximum absolute atomic E-state index is 5.94. The molecule has 4 nitrogen and oxygen atoms in total. The lowest BCUT2D eigenvalue weighted by molar-refractivity contribution is 0.340. The number of hydrogen-bond donors (Lipinski definition) is 1. The number of anilines is 1. The minimum atomic E-state index is 0.552. The van der Waals surface area contributed by atoms with Crippen LogP contribution in [0.2, 0.25) is 0 Å². The molecule has 0 aliphatic heterocycles. The van der Waals surface area contributed by atoms with Crippen molar-refractivity contribution in [1.82, 2.24) is 9.97 Å². The Morgan fingerprint density at radius 1 is 1.11 bits per heavy atom. The average molecular weight is 257 g/mol. The molecule has 100 valence electrons. The van der Waals surface area contributed by atoms with Crippen LogP contribution >= 0.6 is 0 Å². The fraction of sp³-hybridized carbons (Fsp3) is 0.333. The van der Waals surface area contributed by atoms with E-state index < -0.39 is 0 Å². The van der Waals surface area contributed by atoms with Gasteiger partial charge in [-0.3, -0.25) is 0 Å². The molecule has 1 heterocycles. The molecule has 19 heavy (non-hydrogen) atoms. The van der Waals surface area contributed by atoms with Gasteiger partial charge in [-0.2, -0.15) is 0 Å². The SMILES string of the molecule is CCOc1ccc(-c2nc(CC)nc(N)c2C)cc1. The maximum Gasteiger partial charge on any atom is 0.131 e. The Bertz CT molecular complexity index is 564. The number of nitrogen functional groups attached to an aromatic ring is 1. The predicted molar refractivity (Wildman–Crippen MR) is 77.2 cm³/mol. The van der Waals surface area contributed by atoms with Crippen LogP contribution in [0.4, 0.5) is 5.82 Å². The van der Waals surface area contributed by atoms with Gasteiger partial charge in [-0.15, -0.1) is 0 Å². The Balaban J connectivity index is 2.43. The fourth-order valence-electron chi connectivity index (χ4n) is 1.90. The highest BCUT2D eigenvalue weighted by Gasteiger charge is 2.10. The van der Waals surface area contributed by atoms with Crippen LogP contribution in [0.3, 0.4) is 0 Å². The highest BCUT2D eigenvalue weighted by molar-refractivity contribution is 5.67. The maximum atomic E-state index is 5.94. The van der Waals surface area contributed by atoms with Gasteiger partial charge in [0.1, 0.15) is 17.4 Å². The summed E-state index contributed by atoms with van der Waals surface area (Å²) < 4.78 is 5.44. The number of rotatable bonds is 4. The Hall–Kier alpha value is -2.10. The lowest BCUT2D eigenvalue weighted by atomic mass is 10.1. The fourth-order valence-corrected chi connectivity index (χ4v) is 1.90. The van der Waals surface area contributed by atoms with E-state index in [0.29, 0.717) is 12.4 Å². The average Bonchev–Trinajstić information content (AvgIpc) is 2.43. The Labute approximate surface area is 113 Å². The minimum Gasteiger partial charge on any atom is -0.494 e. The molecule has 0 amide bonds. The number of nitrogens with zero attached hydrogens (tertiary/aromatic N) is 2. The molecule has 1 aromatic heterocycles. The number of aromatic nitrogens is 2. The van der Waals surface area contributed by atoms with E-state index in [1.807, 2.05) is 45.0 Å². The number of benzene rings is 1. The molecular weight excluding hydrogens is 238 g/mol. The second-order valence-electron chi connectivity index (χ2n) is 4.31. The van der Waals surface area contributed by atoms with Gasteiger partial charge in [0.25, 0.3) is 0 Å². The van der Waals surface area contributed by atoms with Crippen LogP contribution in [0.25, 0.3) is 11.3 Å². The summed E-state index contributed by atoms with van der Waals surface area (Å²) in [5.41, 5.74) is 8.78. The van der Waals surface area contributed by atoms with E-state index in [-0.39, 0.29) is 0 Å². The first kappa shape index (κ1) is 13.3. The Kier molecular flexibility index (Phi) is 4.00. The van der Waals surface area contributed by atoms with Crippen molar-refractivity contribution in [2.75, 3.05) is 12.3 Å². The minimum absolute atomic E-state index is 0.552. The molecule has 0 spiro atoms. The summed E-state index contributed by atoms with van der Waals surface area (Å²) >= 11 is 0. The van der Waals surface area contributed by atoms with Crippen LogP contribution in [-0.4, -0.2) is 16.6 Å². The van der Waals surface area contributed by atoms with Crippen molar-refractivity contribution < 1.29 is 4.74 Å². The van der Waals surface area contributed by atoms with E-state index >= 15 is 0 Å². The van der Waals surface area contributed by atoms with Gasteiger partial charge in [0, 0.05) is 17.5 Å². The first-order chi connectivity index (χ1) is 9.15. The summed E-state index contributed by atoms with van der Waals surface area (Å²) in [6.45, 7) is 6.60. The summed E-state index contributed by atoms with van der Waals surface area (Å²) in [5, 5.41) is 0. The molecule has 0 bridgehead atoms. The van der Waals surface area contributed by atoms with E-state index in [9.17, 15) is 0 Å². The monoisotopic (exact) mass is 257 g/mol. The first-order valence-electron chi connectivity index (χ1n) is 6.52. The van der Waals surface area contributed by atoms with Crippen molar-refractivity contribution in [1.29, 1.82) is 0 Å². The highest BCUT2D eigenvalue weighted by atomic mass is 16.5. The number of aryl methyl sites for hydroxylation is 1. The number of hydrogen-bond acceptors (Lipinski definition) is 4. The molecular formula is C15H19N3O. The van der Waals surface area contributed by atoms with Crippen LogP contribution in [0, 0.1) is 6.92 Å². The van der Waals surface area contributed by atoms with E-state index in [4.69, 9.17) is 10.5 Å². The molecule has 0 unspecified atom stereocenters. The summed E-state index contributed by atoms with van der Waals surface area (Å²) in [4.78, 5) is 8.83. The predicted octanol–water partition coefficient (Wildman–Crippen LogP) is 3.00. The number of nitrogens with two attached hydrogens (primary N) is 1. The molecule has 0 atom stereocenters. The van der Waals surface area contributed by atoms with Crippen molar-refractivity contribution in [3.63, 3.8) is 0 Å². The third kappa shape index (κ3) is 2.84. The molecule has 2 aromatic rings. The quantitative estimate of drug-likeness (QED) is 0.914. The van der Waals surface area contributed by atoms with Gasteiger partial charge in [0.05, 0.1) is 12.3 Å². The molecule has 2 N–H and O–H groups in total. The van der Waals surface area contributed by atoms with Gasteiger partial charge in [0.2, 0.25) is 0 Å². The van der Waals surface area contributed by atoms with Gasteiger partial charge in [-0.05, 0) is 38.1 Å². The van der Waals surface area contributed by atoms with Gasteiger partial charge in [0.15, 0.2) is 0 Å². The van der Waals surface area contributed by atoms with Crippen molar-refractivity contribution in [3.8, 4) is 17.0 Å². The van der Waals surface area contributed by atoms with Crippen LogP contribution in [0.15, 0.2) is 24.3 Å². The molecule has 0 saturated heterocycles. The summed E-state index contributed by atoms with van der Waals surface area (Å²) in [7, 11) is 0. The van der Waals surface area contributed by atoms with E-state index in [1.165, 1.54) is 0 Å². The summed E-state index contributed by atoms with van der Waals surface area (Å²) in [6, 6.07) is 7.89. The van der Waals surface area contributed by atoms with Gasteiger partial charge in [-0.1, -0.05) is 6.92 Å². The standard InChI is InChI=1S/C15H19N3O/c1-4-13-17-14(10(3)15(16)18-13)11-6-8-12(9-7-11)19-5-2/h6-9H,4-5H2,1-3H3,(H2,16,17,18). The van der Waals surface area contributed by atoms with E-state index in [0.717, 1.165) is 34.8 Å². The molecule has 0 fully saturated rings. The topological polar surface area (TPSA) is 61.0 Å². The highest BCUT2D eigenvalue weighted by Crippen LogP contribution is 2.26. The zero-order chi connectivity index (χ0) is 13.8. The second-order valence-corrected chi connectivity index (χ2v) is 4.31. The lowest BCUT2D eigenvalue weighted by Crippen LogP contribution is -2.04. The van der Waals surface area contributed by atoms with Gasteiger partial charge < -0.3 is 10.5 Å². The van der Waals surface area contributed by atoms with Crippen molar-refractivity contribution >= 4 is 5.82 Å². The van der Waals surface area contributed by atoms with Crippen molar-refractivity contribution in [2.24, 2.45) is 0 Å². The molecule has 2 rings (SSSR count). The normalized spacial score (nSPS) is 10.5. The summed E-state index contributed by atoms with van der Waals surface area (Å²) in [5.74, 6) is 2.18. The zero-order valence-corrected chi connectivity index (χ0v) is 11.6. The van der Waals surface area contributed by atoms with Crippen molar-refractivity contribution in [3.05, 3.63) is 35.7 Å². The molecule has 0 radical (unpaired) electrons.